The lowest BCUT2D eigenvalue weighted by molar-refractivity contribution is 0.361. The van der Waals surface area contributed by atoms with Crippen LogP contribution >= 0.6 is 11.3 Å². The van der Waals surface area contributed by atoms with Crippen LogP contribution < -0.4 is 9.47 Å². The van der Waals surface area contributed by atoms with Crippen LogP contribution in [0.25, 0.3) is 76.6 Å². The number of rotatable bonds is 5. The largest absolute Gasteiger partial charge is 0.449 e. The van der Waals surface area contributed by atoms with Crippen molar-refractivity contribution in [2.24, 2.45) is 0 Å². The Balaban J connectivity index is 1.08. The number of nitriles is 1. The van der Waals surface area contributed by atoms with Gasteiger partial charge in [-0.15, -0.1) is 11.3 Å². The molecule has 0 aliphatic carbocycles. The van der Waals surface area contributed by atoms with E-state index in [0.29, 0.717) is 51.6 Å². The molecule has 0 atom stereocenters. The SMILES string of the molecule is N#Cc1cccc(-c2ccc(-c3nc(-c4ccc(-c5ccccc5)cc4)nc(-c4cccc5c4Oc4cc6sc7ccccc7c6cc4O5)n3)cc2)c1. The summed E-state index contributed by atoms with van der Waals surface area (Å²) in [5, 5.41) is 11.8. The van der Waals surface area contributed by atoms with Crippen molar-refractivity contribution in [3.63, 3.8) is 0 Å². The van der Waals surface area contributed by atoms with Gasteiger partial charge in [-0.2, -0.15) is 5.26 Å². The number of para-hydroxylation sites is 1. The molecule has 7 aromatic carbocycles. The van der Waals surface area contributed by atoms with Crippen molar-refractivity contribution in [3.8, 4) is 85.5 Å². The number of hydrogen-bond donors (Lipinski definition) is 0. The van der Waals surface area contributed by atoms with Crippen LogP contribution in [0.5, 0.6) is 23.0 Å². The van der Waals surface area contributed by atoms with Gasteiger partial charge in [0.15, 0.2) is 40.5 Å². The average Bonchev–Trinajstić information content (AvgIpc) is 3.59. The molecule has 53 heavy (non-hydrogen) atoms. The summed E-state index contributed by atoms with van der Waals surface area (Å²) in [6.07, 6.45) is 0. The van der Waals surface area contributed by atoms with Crippen LogP contribution in [0.2, 0.25) is 0 Å². The molecule has 0 amide bonds. The summed E-state index contributed by atoms with van der Waals surface area (Å²) >= 11 is 1.73. The van der Waals surface area contributed by atoms with Crippen molar-refractivity contribution >= 4 is 31.5 Å². The fourth-order valence-corrected chi connectivity index (χ4v) is 7.89. The summed E-state index contributed by atoms with van der Waals surface area (Å²) in [6.45, 7) is 0. The van der Waals surface area contributed by atoms with Crippen LogP contribution in [0.4, 0.5) is 0 Å². The van der Waals surface area contributed by atoms with Crippen molar-refractivity contribution in [2.45, 2.75) is 0 Å². The molecule has 7 heteroatoms. The Morgan fingerprint density at radius 3 is 1.79 bits per heavy atom. The number of hydrogen-bond acceptors (Lipinski definition) is 7. The maximum absolute atomic E-state index is 9.42. The van der Waals surface area contributed by atoms with Gasteiger partial charge in [0.25, 0.3) is 0 Å². The Morgan fingerprint density at radius 1 is 0.434 bits per heavy atom. The lowest BCUT2D eigenvalue weighted by atomic mass is 10.0. The summed E-state index contributed by atoms with van der Waals surface area (Å²) in [7, 11) is 0. The van der Waals surface area contributed by atoms with Crippen molar-refractivity contribution in [1.82, 2.24) is 15.0 Å². The van der Waals surface area contributed by atoms with Gasteiger partial charge in [-0.1, -0.05) is 115 Å². The van der Waals surface area contributed by atoms with Crippen molar-refractivity contribution in [1.29, 1.82) is 5.26 Å². The minimum atomic E-state index is 0.467. The molecule has 0 fully saturated rings. The number of fused-ring (bicyclic) bond motifs is 5. The van der Waals surface area contributed by atoms with E-state index in [1.54, 1.807) is 17.4 Å². The van der Waals surface area contributed by atoms with Gasteiger partial charge in [0.1, 0.15) is 0 Å². The highest BCUT2D eigenvalue weighted by Crippen LogP contribution is 2.52. The first-order valence-corrected chi connectivity index (χ1v) is 18.0. The van der Waals surface area contributed by atoms with E-state index in [-0.39, 0.29) is 0 Å². The van der Waals surface area contributed by atoms with Gasteiger partial charge >= 0.3 is 0 Å². The van der Waals surface area contributed by atoms with Crippen LogP contribution in [0.15, 0.2) is 158 Å². The van der Waals surface area contributed by atoms with Crippen LogP contribution in [0.1, 0.15) is 5.56 Å². The fourth-order valence-electron chi connectivity index (χ4n) is 6.78. The molecule has 2 aromatic heterocycles. The Bertz CT molecular complexity index is 2900. The highest BCUT2D eigenvalue weighted by molar-refractivity contribution is 7.25. The second-order valence-corrected chi connectivity index (χ2v) is 13.8. The third-order valence-corrected chi connectivity index (χ3v) is 10.6. The lowest BCUT2D eigenvalue weighted by Gasteiger charge is -2.22. The fraction of sp³-hybridized carbons (Fsp3) is 0. The zero-order valence-corrected chi connectivity index (χ0v) is 28.8. The molecule has 9 aromatic rings. The summed E-state index contributed by atoms with van der Waals surface area (Å²) in [6, 6.07) is 54.7. The molecule has 0 saturated heterocycles. The first-order chi connectivity index (χ1) is 26.2. The number of nitrogens with zero attached hydrogens (tertiary/aromatic N) is 4. The monoisotopic (exact) mass is 698 g/mol. The summed E-state index contributed by atoms with van der Waals surface area (Å²) < 4.78 is 15.5. The third-order valence-electron chi connectivity index (χ3n) is 9.45. The molecule has 0 N–H and O–H groups in total. The van der Waals surface area contributed by atoms with Crippen LogP contribution in [-0.2, 0) is 0 Å². The molecular formula is C46H26N4O2S. The van der Waals surface area contributed by atoms with Gasteiger partial charge in [0.05, 0.1) is 17.2 Å². The molecular weight excluding hydrogens is 673 g/mol. The predicted octanol–water partition coefficient (Wildman–Crippen LogP) is 12.3. The molecule has 1 aliphatic rings. The highest BCUT2D eigenvalue weighted by atomic mass is 32.1. The Hall–Kier alpha value is -7.14. The van der Waals surface area contributed by atoms with Crippen LogP contribution in [0, 0.1) is 11.3 Å². The zero-order valence-electron chi connectivity index (χ0n) is 28.0. The normalized spacial score (nSPS) is 11.7. The van der Waals surface area contributed by atoms with Crippen molar-refractivity contribution in [2.75, 3.05) is 0 Å². The highest BCUT2D eigenvalue weighted by Gasteiger charge is 2.26. The minimum Gasteiger partial charge on any atom is -0.449 e. The molecule has 10 rings (SSSR count). The van der Waals surface area contributed by atoms with E-state index < -0.39 is 0 Å². The Labute approximate surface area is 308 Å². The van der Waals surface area contributed by atoms with E-state index in [4.69, 9.17) is 24.4 Å². The van der Waals surface area contributed by atoms with Gasteiger partial charge in [-0.25, -0.2) is 15.0 Å². The van der Waals surface area contributed by atoms with E-state index in [0.717, 1.165) is 43.5 Å². The first kappa shape index (κ1) is 30.7. The zero-order chi connectivity index (χ0) is 35.3. The number of benzene rings is 7. The van der Waals surface area contributed by atoms with E-state index in [1.807, 2.05) is 91.0 Å². The quantitative estimate of drug-likeness (QED) is 0.178. The van der Waals surface area contributed by atoms with Crippen molar-refractivity contribution < 1.29 is 9.47 Å². The minimum absolute atomic E-state index is 0.467. The molecule has 0 bridgehead atoms. The predicted molar refractivity (Wildman–Crippen MR) is 211 cm³/mol. The van der Waals surface area contributed by atoms with Gasteiger partial charge in [-0.3, -0.25) is 0 Å². The van der Waals surface area contributed by atoms with Crippen molar-refractivity contribution in [3.05, 3.63) is 163 Å². The smallest absolute Gasteiger partial charge is 0.181 e. The number of aromatic nitrogens is 3. The van der Waals surface area contributed by atoms with E-state index in [1.165, 1.54) is 10.1 Å². The molecule has 3 heterocycles. The van der Waals surface area contributed by atoms with E-state index >= 15 is 0 Å². The molecule has 0 spiro atoms. The van der Waals surface area contributed by atoms with Gasteiger partial charge in [-0.05, 0) is 58.7 Å². The van der Waals surface area contributed by atoms with Gasteiger partial charge in [0, 0.05) is 37.4 Å². The molecule has 6 nitrogen and oxygen atoms in total. The molecule has 1 aliphatic heterocycles. The summed E-state index contributed by atoms with van der Waals surface area (Å²) in [5.74, 6) is 3.99. The number of thiophene rings is 1. The Kier molecular flexibility index (Phi) is 7.27. The second-order valence-electron chi connectivity index (χ2n) is 12.7. The first-order valence-electron chi connectivity index (χ1n) is 17.1. The van der Waals surface area contributed by atoms with Crippen LogP contribution in [-0.4, -0.2) is 15.0 Å². The lowest BCUT2D eigenvalue weighted by Crippen LogP contribution is -2.04. The maximum atomic E-state index is 9.42. The maximum Gasteiger partial charge on any atom is 0.181 e. The second kappa shape index (κ2) is 12.6. The van der Waals surface area contributed by atoms with E-state index in [2.05, 4.69) is 66.7 Å². The molecule has 0 saturated carbocycles. The standard InChI is InChI=1S/C46H26N4O2S/c47-27-28-8-6-11-34(24-28)31-18-22-33(23-19-31)45-48-44(32-20-16-30(17-21-32)29-9-2-1-3-10-29)49-46(50-45)36-13-7-14-38-43(36)52-40-26-42-37(25-39(40)51-38)35-12-4-5-15-41(35)53-42/h1-26H. The topological polar surface area (TPSA) is 80.9 Å². The van der Waals surface area contributed by atoms with Gasteiger partial charge in [0.2, 0.25) is 0 Å². The molecule has 0 radical (unpaired) electrons. The number of ether oxygens (including phenoxy) is 2. The molecule has 0 unspecified atom stereocenters. The molecule has 248 valence electrons. The summed E-state index contributed by atoms with van der Waals surface area (Å²) in [4.78, 5) is 15.1. The van der Waals surface area contributed by atoms with E-state index in [9.17, 15) is 5.26 Å². The summed E-state index contributed by atoms with van der Waals surface area (Å²) in [5.41, 5.74) is 7.20. The average molecular weight is 699 g/mol. The van der Waals surface area contributed by atoms with Crippen LogP contribution in [0.3, 0.4) is 0 Å². The Morgan fingerprint density at radius 2 is 1.04 bits per heavy atom. The van der Waals surface area contributed by atoms with Gasteiger partial charge < -0.3 is 9.47 Å². The third kappa shape index (κ3) is 5.55.